The Balaban J connectivity index is 0.000000105. The topological polar surface area (TPSA) is 143 Å². The van der Waals surface area contributed by atoms with Gasteiger partial charge in [-0.25, -0.2) is 19.9 Å². The molecule has 0 amide bonds. The molecule has 8 aromatic heterocycles. The number of fused-ring (bicyclic) bond motifs is 18. The minimum Gasteiger partial charge on any atom is -0.423 e. The van der Waals surface area contributed by atoms with E-state index in [1.807, 2.05) is 127 Å². The number of nitrogens with one attached hydrogen (secondary N) is 2. The lowest BCUT2D eigenvalue weighted by Crippen LogP contribution is -2.29. The molecule has 8 heterocycles. The monoisotopic (exact) mass is 2040 g/mol. The Morgan fingerprint density at radius 1 is 0.174 bits per heavy atom. The summed E-state index contributed by atoms with van der Waals surface area (Å²) in [6.45, 7) is 0. The third kappa shape index (κ3) is 18.1. The molecule has 0 aliphatic heterocycles. The molecule has 0 saturated heterocycles. The van der Waals surface area contributed by atoms with Crippen LogP contribution in [0.3, 0.4) is 0 Å². The SMILES string of the molecule is Brc1ccc2[nH]c3ccccc3c2c1.Brc1cccc(-c2nc(-c3ccccc3)cc(-c3ccccc3)n2)c1.OB(O)c1ccc2c(c1)c1ccccc1n2-c1ccccc1.c1ccc(-c2cc(-c3ccccc3)nc(-c3cccc(-n4c5ccccc5c5cc(-c6ccc7c(c6)c6ccccc6n7-c6ccccc6)ccc54)c3)n2)cc1.c1ccc(-n2c3ccccc3c3cc(-c4ccc5[nH]c6ccccc6c5c4)ccc32)cc1. The van der Waals surface area contributed by atoms with Crippen LogP contribution in [0.1, 0.15) is 0 Å². The van der Waals surface area contributed by atoms with E-state index in [0.29, 0.717) is 11.3 Å². The summed E-state index contributed by atoms with van der Waals surface area (Å²) in [4.78, 5) is 26.8. The van der Waals surface area contributed by atoms with Crippen molar-refractivity contribution >= 4 is 175 Å². The van der Waals surface area contributed by atoms with Gasteiger partial charge in [-0.1, -0.05) is 378 Å². The van der Waals surface area contributed by atoms with Crippen LogP contribution in [-0.4, -0.2) is 65.3 Å². The Morgan fingerprint density at radius 2 is 0.436 bits per heavy atom. The molecule has 0 bridgehead atoms. The highest BCUT2D eigenvalue weighted by atomic mass is 79.9. The molecule has 15 heteroatoms. The first-order chi connectivity index (χ1) is 73.5. The average Bonchev–Trinajstić information content (AvgIpc) is 1.33. The van der Waals surface area contributed by atoms with Gasteiger partial charge in [0, 0.05) is 152 Å². The highest BCUT2D eigenvalue weighted by Gasteiger charge is 2.23. The van der Waals surface area contributed by atoms with Crippen LogP contribution in [-0.2, 0) is 0 Å². The maximum absolute atomic E-state index is 9.43. The average molecular weight is 2040 g/mol. The zero-order valence-electron chi connectivity index (χ0n) is 80.5. The number of nitrogens with zero attached hydrogens (tertiary/aromatic N) is 8. The van der Waals surface area contributed by atoms with Crippen LogP contribution in [0, 0.1) is 0 Å². The predicted molar refractivity (Wildman–Crippen MR) is 628 cm³/mol. The number of benzene rings is 21. The maximum atomic E-state index is 9.43. The fourth-order valence-corrected chi connectivity index (χ4v) is 21.7. The first-order valence-corrected chi connectivity index (χ1v) is 51.3. The van der Waals surface area contributed by atoms with Gasteiger partial charge in [0.25, 0.3) is 0 Å². The Hall–Kier alpha value is -18.5. The number of H-pyrrole nitrogens is 2. The summed E-state index contributed by atoms with van der Waals surface area (Å²) >= 11 is 7.02. The van der Waals surface area contributed by atoms with Gasteiger partial charge in [-0.05, 0) is 210 Å². The van der Waals surface area contributed by atoms with E-state index in [9.17, 15) is 10.0 Å². The van der Waals surface area contributed by atoms with E-state index < -0.39 is 7.12 Å². The molecule has 29 aromatic rings. The summed E-state index contributed by atoms with van der Waals surface area (Å²) in [5, 5.41) is 33.5. The second kappa shape index (κ2) is 40.3. The molecular formula is C134H91BBr2N10O2. The number of para-hydroxylation sites is 9. The van der Waals surface area contributed by atoms with Crippen LogP contribution >= 0.6 is 31.9 Å². The van der Waals surface area contributed by atoms with E-state index in [0.717, 1.165) is 121 Å². The van der Waals surface area contributed by atoms with Gasteiger partial charge in [0.05, 0.1) is 66.9 Å². The molecule has 0 radical (unpaired) electrons. The van der Waals surface area contributed by atoms with E-state index in [1.165, 1.54) is 126 Å². The van der Waals surface area contributed by atoms with E-state index in [2.05, 4.69) is 454 Å². The molecule has 706 valence electrons. The van der Waals surface area contributed by atoms with Crippen molar-refractivity contribution in [2.24, 2.45) is 0 Å². The lowest BCUT2D eigenvalue weighted by atomic mass is 9.80. The van der Waals surface area contributed by atoms with Crippen molar-refractivity contribution in [1.82, 2.24) is 48.2 Å². The molecular weight excluding hydrogens is 1950 g/mol. The summed E-state index contributed by atoms with van der Waals surface area (Å²) in [6, 6.07) is 184. The predicted octanol–water partition coefficient (Wildman–Crippen LogP) is 34.2. The highest BCUT2D eigenvalue weighted by Crippen LogP contribution is 2.44. The third-order valence-electron chi connectivity index (χ3n) is 27.9. The zero-order valence-corrected chi connectivity index (χ0v) is 83.7. The quantitative estimate of drug-likeness (QED) is 0.0847. The molecule has 0 atom stereocenters. The van der Waals surface area contributed by atoms with Crippen molar-refractivity contribution < 1.29 is 10.0 Å². The molecule has 149 heavy (non-hydrogen) atoms. The Kier molecular flexibility index (Phi) is 24.8. The highest BCUT2D eigenvalue weighted by molar-refractivity contribution is 9.10. The molecule has 4 N–H and O–H groups in total. The lowest BCUT2D eigenvalue weighted by Gasteiger charge is -2.12. The maximum Gasteiger partial charge on any atom is 0.488 e. The van der Waals surface area contributed by atoms with Crippen LogP contribution in [0.25, 0.3) is 244 Å². The number of aromatic nitrogens is 10. The van der Waals surface area contributed by atoms with E-state index >= 15 is 0 Å². The molecule has 0 spiro atoms. The fourth-order valence-electron chi connectivity index (χ4n) is 20.9. The van der Waals surface area contributed by atoms with Crippen LogP contribution in [0.4, 0.5) is 0 Å². The van der Waals surface area contributed by atoms with Gasteiger partial charge in [0.2, 0.25) is 0 Å². The number of hydrogen-bond donors (Lipinski definition) is 4. The minimum atomic E-state index is -1.46. The van der Waals surface area contributed by atoms with E-state index in [4.69, 9.17) is 19.9 Å². The summed E-state index contributed by atoms with van der Waals surface area (Å²) in [5.74, 6) is 1.42. The van der Waals surface area contributed by atoms with Crippen molar-refractivity contribution in [3.8, 4) is 113 Å². The van der Waals surface area contributed by atoms with Crippen molar-refractivity contribution in [1.29, 1.82) is 0 Å². The normalized spacial score (nSPS) is 11.4. The Labute approximate surface area is 876 Å². The van der Waals surface area contributed by atoms with Crippen molar-refractivity contribution in [3.05, 3.63) is 537 Å². The standard InChI is InChI=1S/C52H34N4.C30H20N2.C22H15BrN2.C18H14BNO2.C12H8BrN/c1-4-15-35(16-5-1)46-34-47(36-17-6-2-7-18-36)54-52(53-46)39-19-14-22-41(31-39)56-49-26-13-11-24-43(49)45-33-38(28-30-51(45)56)37-27-29-50-44(32-37)42-23-10-12-25-48(42)55(50)40-20-8-3-9-21-40;1-2-8-22(9-3-1)32-29-13-7-5-11-24(29)26-19-21(15-17-30(26)32)20-14-16-28-25(18-20)23-10-4-6-12-27(23)31-28;23-19-13-7-12-18(14-19)22-24-20(16-8-3-1-4-9-16)15-21(25-22)17-10-5-2-6-11-17;21-19(22)13-10-11-18-16(12-13)15-8-4-5-9-17(15)20(18)14-6-2-1-3-7-14;13-8-5-6-12-10(7-8)9-3-1-2-4-11(9)14-12/h1-34H;1-19,31H;1-15H;1-12,21-22H;1-7,14H. The Morgan fingerprint density at radius 3 is 0.812 bits per heavy atom. The molecule has 0 aliphatic rings. The molecule has 29 rings (SSSR count). The number of halogens is 2. The number of hydrogen-bond acceptors (Lipinski definition) is 6. The largest absolute Gasteiger partial charge is 0.488 e. The fraction of sp³-hybridized carbons (Fsp3) is 0. The van der Waals surface area contributed by atoms with Crippen LogP contribution < -0.4 is 5.46 Å². The van der Waals surface area contributed by atoms with Crippen LogP contribution in [0.5, 0.6) is 0 Å². The number of aromatic amines is 2. The summed E-state index contributed by atoms with van der Waals surface area (Å²) < 4.78 is 11.4. The Bertz CT molecular complexity index is 9940. The third-order valence-corrected chi connectivity index (χ3v) is 28.9. The molecule has 0 unspecified atom stereocenters. The molecule has 12 nitrogen and oxygen atoms in total. The molecule has 21 aromatic carbocycles. The summed E-state index contributed by atoms with van der Waals surface area (Å²) in [5.41, 5.74) is 33.8. The van der Waals surface area contributed by atoms with Crippen LogP contribution in [0.2, 0.25) is 0 Å². The van der Waals surface area contributed by atoms with Gasteiger partial charge < -0.3 is 38.3 Å². The lowest BCUT2D eigenvalue weighted by molar-refractivity contribution is 0.426. The second-order valence-corrected chi connectivity index (χ2v) is 38.8. The zero-order chi connectivity index (χ0) is 99.8. The van der Waals surface area contributed by atoms with Gasteiger partial charge in [-0.2, -0.15) is 0 Å². The molecule has 0 aliphatic carbocycles. The summed E-state index contributed by atoms with van der Waals surface area (Å²) in [6.07, 6.45) is 0. The summed E-state index contributed by atoms with van der Waals surface area (Å²) in [7, 11) is -1.46. The van der Waals surface area contributed by atoms with E-state index in [-0.39, 0.29) is 0 Å². The van der Waals surface area contributed by atoms with Gasteiger partial charge in [-0.15, -0.1) is 0 Å². The molecule has 0 saturated carbocycles. The first kappa shape index (κ1) is 91.7. The van der Waals surface area contributed by atoms with Crippen LogP contribution in [0.15, 0.2) is 537 Å². The van der Waals surface area contributed by atoms with Gasteiger partial charge in [-0.3, -0.25) is 0 Å². The van der Waals surface area contributed by atoms with Gasteiger partial charge in [0.1, 0.15) is 0 Å². The van der Waals surface area contributed by atoms with Crippen molar-refractivity contribution in [3.63, 3.8) is 0 Å². The van der Waals surface area contributed by atoms with Gasteiger partial charge in [0.15, 0.2) is 11.6 Å². The number of rotatable bonds is 13. The smallest absolute Gasteiger partial charge is 0.423 e. The van der Waals surface area contributed by atoms with Gasteiger partial charge >= 0.3 is 7.12 Å². The molecule has 0 fully saturated rings. The van der Waals surface area contributed by atoms with Crippen molar-refractivity contribution in [2.75, 3.05) is 0 Å². The minimum absolute atomic E-state index is 0.503. The first-order valence-electron chi connectivity index (χ1n) is 49.7. The second-order valence-electron chi connectivity index (χ2n) is 37.0. The van der Waals surface area contributed by atoms with E-state index in [1.54, 1.807) is 6.07 Å². The van der Waals surface area contributed by atoms with Crippen molar-refractivity contribution in [2.45, 2.75) is 0 Å².